The first-order chi connectivity index (χ1) is 10.8. The molecule has 1 aromatic rings. The molecule has 0 bridgehead atoms. The van der Waals surface area contributed by atoms with Gasteiger partial charge in [-0.05, 0) is 47.2 Å². The summed E-state index contributed by atoms with van der Waals surface area (Å²) in [6, 6.07) is 0.938. The molecule has 5 nitrogen and oxygen atoms in total. The van der Waals surface area contributed by atoms with E-state index in [1.54, 1.807) is 0 Å². The van der Waals surface area contributed by atoms with Gasteiger partial charge in [0.05, 0.1) is 6.61 Å². The van der Waals surface area contributed by atoms with E-state index in [9.17, 15) is 18.0 Å². The van der Waals surface area contributed by atoms with Crippen LogP contribution in [0.1, 0.15) is 24.8 Å². The largest absolute Gasteiger partial charge is 0.477 e. The lowest BCUT2D eigenvalue weighted by Gasteiger charge is -2.29. The van der Waals surface area contributed by atoms with E-state index >= 15 is 0 Å². The molecule has 1 aliphatic heterocycles. The van der Waals surface area contributed by atoms with Gasteiger partial charge in [0.1, 0.15) is 5.56 Å². The topological polar surface area (TPSA) is 62.7 Å². The van der Waals surface area contributed by atoms with Crippen molar-refractivity contribution in [1.29, 1.82) is 0 Å². The number of piperidine rings is 1. The summed E-state index contributed by atoms with van der Waals surface area (Å²) in [5, 5.41) is 8.86. The Kier molecular flexibility index (Phi) is 5.72. The number of rotatable bonds is 4. The van der Waals surface area contributed by atoms with Crippen molar-refractivity contribution in [3.8, 4) is 5.88 Å². The number of alkyl halides is 3. The molecule has 1 saturated heterocycles. The van der Waals surface area contributed by atoms with Crippen LogP contribution in [0.2, 0.25) is 0 Å². The van der Waals surface area contributed by atoms with Crippen molar-refractivity contribution in [3.05, 3.63) is 22.3 Å². The van der Waals surface area contributed by atoms with Crippen molar-refractivity contribution < 1.29 is 27.8 Å². The lowest BCUT2D eigenvalue weighted by Crippen LogP contribution is -2.37. The number of hydrogen-bond acceptors (Lipinski definition) is 3. The SMILES string of the molecule is O=C(O)N1CCC(CCOc2ncc(Br)cc2C(F)(F)F)CC1. The third kappa shape index (κ3) is 4.98. The molecule has 0 spiro atoms. The molecule has 2 rings (SSSR count). The van der Waals surface area contributed by atoms with Gasteiger partial charge in [0.15, 0.2) is 0 Å². The van der Waals surface area contributed by atoms with Gasteiger partial charge in [0.25, 0.3) is 0 Å². The van der Waals surface area contributed by atoms with Crippen LogP contribution in [0.25, 0.3) is 0 Å². The minimum absolute atomic E-state index is 0.120. The van der Waals surface area contributed by atoms with Crippen molar-refractivity contribution in [2.75, 3.05) is 19.7 Å². The molecule has 0 aromatic carbocycles. The molecule has 1 fully saturated rings. The summed E-state index contributed by atoms with van der Waals surface area (Å²) in [6.45, 7) is 1.02. The Hall–Kier alpha value is -1.51. The van der Waals surface area contributed by atoms with Crippen molar-refractivity contribution in [3.63, 3.8) is 0 Å². The molecule has 0 saturated carbocycles. The Morgan fingerprint density at radius 2 is 2.09 bits per heavy atom. The number of likely N-dealkylation sites (tertiary alicyclic amines) is 1. The summed E-state index contributed by atoms with van der Waals surface area (Å²) >= 11 is 2.97. The lowest BCUT2D eigenvalue weighted by atomic mass is 9.94. The maximum atomic E-state index is 12.9. The first-order valence-electron chi connectivity index (χ1n) is 7.11. The number of hydrogen-bond donors (Lipinski definition) is 1. The van der Waals surface area contributed by atoms with Gasteiger partial charge in [-0.3, -0.25) is 0 Å². The summed E-state index contributed by atoms with van der Waals surface area (Å²) in [6.07, 6.45) is -2.25. The molecule has 128 valence electrons. The summed E-state index contributed by atoms with van der Waals surface area (Å²) < 4.78 is 44.2. The maximum absolute atomic E-state index is 12.9. The zero-order chi connectivity index (χ0) is 17.0. The highest BCUT2D eigenvalue weighted by molar-refractivity contribution is 9.10. The predicted octanol–water partition coefficient (Wildman–Crippen LogP) is 4.02. The number of amides is 1. The Labute approximate surface area is 139 Å². The highest BCUT2D eigenvalue weighted by Gasteiger charge is 2.35. The number of aromatic nitrogens is 1. The smallest absolute Gasteiger partial charge is 0.421 e. The van der Waals surface area contributed by atoms with E-state index in [1.165, 1.54) is 11.1 Å². The second-order valence-electron chi connectivity index (χ2n) is 5.35. The van der Waals surface area contributed by atoms with Gasteiger partial charge in [-0.25, -0.2) is 9.78 Å². The van der Waals surface area contributed by atoms with Crippen LogP contribution in [-0.2, 0) is 6.18 Å². The molecular formula is C14H16BrF3N2O3. The fourth-order valence-electron chi connectivity index (χ4n) is 2.48. The van der Waals surface area contributed by atoms with Gasteiger partial charge >= 0.3 is 12.3 Å². The van der Waals surface area contributed by atoms with Crippen LogP contribution in [-0.4, -0.2) is 40.8 Å². The fraction of sp³-hybridized carbons (Fsp3) is 0.571. The van der Waals surface area contributed by atoms with Crippen molar-refractivity contribution in [1.82, 2.24) is 9.88 Å². The second-order valence-corrected chi connectivity index (χ2v) is 6.27. The standard InChI is InChI=1S/C14H16BrF3N2O3/c15-10-7-11(14(16,17)18)12(19-8-10)23-6-3-9-1-4-20(5-2-9)13(21)22/h7-9H,1-6H2,(H,21,22). The number of carboxylic acid groups (broad SMARTS) is 1. The zero-order valence-electron chi connectivity index (χ0n) is 12.1. The van der Waals surface area contributed by atoms with Gasteiger partial charge in [-0.2, -0.15) is 13.2 Å². The molecule has 0 radical (unpaired) electrons. The quantitative estimate of drug-likeness (QED) is 0.834. The normalized spacial score (nSPS) is 16.4. The Morgan fingerprint density at radius 3 is 2.65 bits per heavy atom. The molecule has 0 unspecified atom stereocenters. The average molecular weight is 397 g/mol. The number of pyridine rings is 1. The molecule has 0 aliphatic carbocycles. The molecule has 1 aliphatic rings. The molecular weight excluding hydrogens is 381 g/mol. The third-order valence-electron chi connectivity index (χ3n) is 3.77. The highest BCUT2D eigenvalue weighted by atomic mass is 79.9. The maximum Gasteiger partial charge on any atom is 0.421 e. The Balaban J connectivity index is 1.87. The molecule has 2 heterocycles. The van der Waals surface area contributed by atoms with Crippen LogP contribution < -0.4 is 4.74 Å². The predicted molar refractivity (Wildman–Crippen MR) is 79.4 cm³/mol. The Morgan fingerprint density at radius 1 is 1.43 bits per heavy atom. The van der Waals surface area contributed by atoms with Crippen molar-refractivity contribution in [2.45, 2.75) is 25.4 Å². The first-order valence-corrected chi connectivity index (χ1v) is 7.90. The molecule has 23 heavy (non-hydrogen) atoms. The minimum Gasteiger partial charge on any atom is -0.477 e. The average Bonchev–Trinajstić information content (AvgIpc) is 2.48. The van der Waals surface area contributed by atoms with Crippen LogP contribution in [0, 0.1) is 5.92 Å². The fourth-order valence-corrected chi connectivity index (χ4v) is 2.81. The van der Waals surface area contributed by atoms with Crippen LogP contribution in [0.4, 0.5) is 18.0 Å². The first kappa shape index (κ1) is 17.8. The summed E-state index contributed by atoms with van der Waals surface area (Å²) in [7, 11) is 0. The van der Waals surface area contributed by atoms with E-state index in [0.717, 1.165) is 6.07 Å². The van der Waals surface area contributed by atoms with Crippen molar-refractivity contribution >= 4 is 22.0 Å². The van der Waals surface area contributed by atoms with Crippen LogP contribution in [0.3, 0.4) is 0 Å². The van der Waals surface area contributed by atoms with E-state index in [2.05, 4.69) is 20.9 Å². The van der Waals surface area contributed by atoms with E-state index in [1.807, 2.05) is 0 Å². The van der Waals surface area contributed by atoms with Gasteiger partial charge in [-0.1, -0.05) is 0 Å². The number of carbonyl (C=O) groups is 1. The van der Waals surface area contributed by atoms with Gasteiger partial charge in [0, 0.05) is 23.8 Å². The summed E-state index contributed by atoms with van der Waals surface area (Å²) in [4.78, 5) is 15.8. The highest BCUT2D eigenvalue weighted by Crippen LogP contribution is 2.36. The minimum atomic E-state index is -4.53. The van der Waals surface area contributed by atoms with Crippen molar-refractivity contribution in [2.24, 2.45) is 5.92 Å². The number of ether oxygens (including phenoxy) is 1. The molecule has 1 N–H and O–H groups in total. The van der Waals surface area contributed by atoms with E-state index in [-0.39, 0.29) is 17.0 Å². The van der Waals surface area contributed by atoms with Gasteiger partial charge in [0.2, 0.25) is 5.88 Å². The molecule has 1 amide bonds. The van der Waals surface area contributed by atoms with E-state index in [4.69, 9.17) is 9.84 Å². The second kappa shape index (κ2) is 7.37. The molecule has 1 aromatic heterocycles. The third-order valence-corrected chi connectivity index (χ3v) is 4.21. The number of halogens is 4. The lowest BCUT2D eigenvalue weighted by molar-refractivity contribution is -0.139. The molecule has 9 heteroatoms. The zero-order valence-corrected chi connectivity index (χ0v) is 13.7. The van der Waals surface area contributed by atoms with Gasteiger partial charge in [-0.15, -0.1) is 0 Å². The van der Waals surface area contributed by atoms with Crippen LogP contribution >= 0.6 is 15.9 Å². The van der Waals surface area contributed by atoms with Gasteiger partial charge < -0.3 is 14.7 Å². The Bertz CT molecular complexity index is 561. The van der Waals surface area contributed by atoms with E-state index < -0.39 is 23.7 Å². The van der Waals surface area contributed by atoms with Crippen LogP contribution in [0.5, 0.6) is 5.88 Å². The van der Waals surface area contributed by atoms with E-state index in [0.29, 0.717) is 32.4 Å². The molecule has 0 atom stereocenters. The number of nitrogens with zero attached hydrogens (tertiary/aromatic N) is 2. The van der Waals surface area contributed by atoms with Crippen LogP contribution in [0.15, 0.2) is 16.7 Å². The summed E-state index contributed by atoms with van der Waals surface area (Å²) in [5.41, 5.74) is -0.910. The summed E-state index contributed by atoms with van der Waals surface area (Å²) in [5.74, 6) is -0.181. The monoisotopic (exact) mass is 396 g/mol.